The lowest BCUT2D eigenvalue weighted by molar-refractivity contribution is -0.223. The molecule has 64 heteroatoms. The maximum atomic E-state index is 15.5. The molecule has 27 atom stereocenters. The van der Waals surface area contributed by atoms with Gasteiger partial charge in [0.25, 0.3) is 22.2 Å². The fourth-order valence-corrected chi connectivity index (χ4v) is 22.5. The normalized spacial score (nSPS) is 29.5. The standard InChI is InChI=1S/C73H107N14O40P5S5/c1-12-40-41(21-48(117-40)82-25-36(4)60(89)78-70(82)95)123-128(99,133)112-29-43-42(22-49(118-43)83-26-37(5)61(90)79-71(83)96)124-129(100,134)114-31-45-51(56(110-19-15-106-10)66(121-45)86-27-38(6)62(91)80-72(86)97)126-131(102,136)116-33-47-53(57(111-20-16-107-11)67(122-47)87-28-39(7)63(92)81-73(87)98)127-132(103,137)115-32-46-52(55(109-18-14-105-9)65(120-46)85-24-35(3)59(75)77-69(85)94)125-130(101,135)113-30-44-50(88)54(108-17-13-104-8)64(119-44)84-23-34(2)58(74)76-68(84)93/h23-28,40-57,64-67,88H,12-22,29-33H2,1-11H3,(H,99,133)(H,100,134)(H,101,135)(H,102,136)(H,103,137)(H2,74,76,93)(H2,75,77,94)(H,78,89,95)(H,79,90,96)(H,80,91,97)(H,81,92,98)/p-5/t40-,41?,42?,43-,44-,45-,46-,47-,48-,49-,50?,51?,52?,53?,54+,55+,56+,57+,64-,65-,66-,67-,128?,129?,130?,131?,132?/m1/s1. The Labute approximate surface area is 801 Å². The van der Waals surface area contributed by atoms with Gasteiger partial charge in [-0.1, -0.05) is 54.2 Å². The van der Waals surface area contributed by atoms with Gasteiger partial charge in [-0.2, -0.15) is 9.97 Å². The first-order valence-electron chi connectivity index (χ1n) is 41.9. The summed E-state index contributed by atoms with van der Waals surface area (Å²) in [5.74, 6) is -0.290. The Morgan fingerprint density at radius 3 is 1.04 bits per heavy atom. The van der Waals surface area contributed by atoms with E-state index in [9.17, 15) is 67.4 Å². The number of nitrogens with one attached hydrogen (secondary N) is 4. The second kappa shape index (κ2) is 47.3. The van der Waals surface area contributed by atoms with Crippen molar-refractivity contribution in [3.05, 3.63) is 175 Å². The Morgan fingerprint density at radius 1 is 0.394 bits per heavy atom. The average Bonchev–Trinajstić information content (AvgIpc) is 1.64. The van der Waals surface area contributed by atoms with Crippen molar-refractivity contribution < 1.29 is 141 Å². The highest BCUT2D eigenvalue weighted by Gasteiger charge is 2.55. The minimum absolute atomic E-state index is 0.0237. The van der Waals surface area contributed by atoms with Gasteiger partial charge < -0.3 is 160 Å². The number of methoxy groups -OCH3 is 4. The van der Waals surface area contributed by atoms with Crippen molar-refractivity contribution in [3.8, 4) is 0 Å². The number of hydrogen-bond donors (Lipinski definition) is 7. The van der Waals surface area contributed by atoms with Crippen LogP contribution in [0.15, 0.2) is 85.1 Å². The van der Waals surface area contributed by atoms with Crippen LogP contribution in [0.2, 0.25) is 0 Å². The number of nitrogens with zero attached hydrogens (tertiary/aromatic N) is 8. The quantitative estimate of drug-likeness (QED) is 0.0108. The van der Waals surface area contributed by atoms with Crippen LogP contribution < -0.4 is 87.4 Å². The van der Waals surface area contributed by atoms with E-state index < -0.39 is 271 Å². The minimum atomic E-state index is -5.35. The van der Waals surface area contributed by atoms with Crippen LogP contribution in [0.25, 0.3) is 0 Å². The van der Waals surface area contributed by atoms with Gasteiger partial charge in [0.1, 0.15) is 130 Å². The zero-order chi connectivity index (χ0) is 99.8. The molecule has 6 aliphatic rings. The first-order valence-corrected chi connectivity index (χ1v) is 54.7. The van der Waals surface area contributed by atoms with Crippen LogP contribution in [0, 0.1) is 41.5 Å². The van der Waals surface area contributed by atoms with Crippen LogP contribution in [0.3, 0.4) is 0 Å². The predicted molar refractivity (Wildman–Crippen MR) is 481 cm³/mol. The molecule has 54 nitrogen and oxygen atoms in total. The number of ether oxygens (including phenoxy) is 14. The zero-order valence-electron chi connectivity index (χ0n) is 74.9. The van der Waals surface area contributed by atoms with Crippen molar-refractivity contribution in [2.24, 2.45) is 0 Å². The number of nitrogens with two attached hydrogens (primary N) is 2. The van der Waals surface area contributed by atoms with Gasteiger partial charge in [-0.3, -0.25) is 71.1 Å². The molecule has 0 spiro atoms. The lowest BCUT2D eigenvalue weighted by Crippen LogP contribution is -2.43. The molecule has 137 heavy (non-hydrogen) atoms. The Hall–Kier alpha value is -5.90. The molecule has 0 aromatic carbocycles. The van der Waals surface area contributed by atoms with E-state index in [1.807, 2.05) is 0 Å². The van der Waals surface area contributed by atoms with E-state index in [0.717, 1.165) is 46.0 Å². The molecule has 0 amide bonds. The van der Waals surface area contributed by atoms with E-state index in [4.69, 9.17) is 182 Å². The van der Waals surface area contributed by atoms with E-state index in [1.165, 1.54) is 81.6 Å². The van der Waals surface area contributed by atoms with E-state index in [1.54, 1.807) is 13.8 Å². The summed E-state index contributed by atoms with van der Waals surface area (Å²) in [5, 5.41) is 11.8. The van der Waals surface area contributed by atoms with Crippen molar-refractivity contribution in [3.63, 3.8) is 0 Å². The van der Waals surface area contributed by atoms with E-state index in [0.29, 0.717) is 5.56 Å². The highest BCUT2D eigenvalue weighted by molar-refractivity contribution is 8.32. The summed E-state index contributed by atoms with van der Waals surface area (Å²) in [6.45, 7) is -21.9. The molecule has 0 saturated carbocycles. The number of rotatable bonds is 48. The van der Waals surface area contributed by atoms with Gasteiger partial charge in [-0.25, -0.2) is 28.8 Å². The minimum Gasteiger partial charge on any atom is -0.780 e. The molecule has 764 valence electrons. The fourth-order valence-electron chi connectivity index (χ4n) is 15.3. The summed E-state index contributed by atoms with van der Waals surface area (Å²) in [7, 11) is 5.32. The Morgan fingerprint density at radius 2 is 0.679 bits per heavy atom. The molecular formula is C73H102N14O40P5S5-5. The highest BCUT2D eigenvalue weighted by Crippen LogP contribution is 2.56. The van der Waals surface area contributed by atoms with Crippen LogP contribution >= 0.6 is 33.7 Å². The maximum Gasteiger partial charge on any atom is 0.351 e. The molecule has 12 rings (SSSR count). The summed E-state index contributed by atoms with van der Waals surface area (Å²) in [5.41, 5.74) is 3.57. The SMILES string of the molecule is CC[C@H]1O[C@@H](n2cc(C)c(=O)[nH]c2=O)CC1OP([O-])(=S)OC[C@H]1O[C@@H](n2cc(C)c(=O)[nH]c2=O)CC1OP(=O)([S-])OC[C@H]1O[C@@H](n2cc(C)c(=O)[nH]c2=O)[C@@H](OCCOC)C1OP([O-])(=S)OC[C@H]1O[C@@H](n2cc(C)c(=O)[nH]c2=O)[C@@H](OCCOC)C1OP([O-])(=S)OC[C@H]1O[C@@H](n2cc(C)c(N)nc2=O)[C@@H](OCCOC)C1OP([O-])(=S)OC[C@H]1O[C@@H](n2cc(C)c(N)nc2=O)[C@@H](OCCOC)C1O. The number of nitrogen functional groups attached to an aromatic ring is 2. The molecule has 6 saturated heterocycles. The van der Waals surface area contributed by atoms with Gasteiger partial charge in [0.15, 0.2) is 31.7 Å². The number of hydrogen-bond acceptors (Lipinski definition) is 49. The smallest absolute Gasteiger partial charge is 0.351 e. The van der Waals surface area contributed by atoms with Crippen LogP contribution in [-0.2, 0) is 176 Å². The highest BCUT2D eigenvalue weighted by atomic mass is 32.7. The average molecular weight is 2130 g/mol. The number of aliphatic hydroxyl groups excluding tert-OH is 1. The second-order valence-electron chi connectivity index (χ2n) is 31.8. The van der Waals surface area contributed by atoms with Crippen LogP contribution in [0.5, 0.6) is 0 Å². The number of anilines is 2. The summed E-state index contributed by atoms with van der Waals surface area (Å²) >= 11 is 27.7. The number of aliphatic hydroxyl groups is 1. The fraction of sp³-hybridized carbons (Fsp3) is 0.671. The lowest BCUT2D eigenvalue weighted by Gasteiger charge is -2.38. The summed E-state index contributed by atoms with van der Waals surface area (Å²) in [6, 6.07) is 0. The number of H-pyrrole nitrogens is 4. The Kier molecular flexibility index (Phi) is 37.9. The van der Waals surface area contributed by atoms with Gasteiger partial charge in [0, 0.05) is 112 Å². The third kappa shape index (κ3) is 27.4. The predicted octanol–water partition coefficient (Wildman–Crippen LogP) is -4.22. The first kappa shape index (κ1) is 110. The lowest BCUT2D eigenvalue weighted by atomic mass is 10.1. The van der Waals surface area contributed by atoms with Gasteiger partial charge >= 0.3 is 34.1 Å². The van der Waals surface area contributed by atoms with Crippen LogP contribution in [0.4, 0.5) is 11.6 Å². The van der Waals surface area contributed by atoms with Crippen LogP contribution in [0.1, 0.15) is 96.9 Å². The van der Waals surface area contributed by atoms with E-state index in [-0.39, 0.29) is 98.5 Å². The van der Waals surface area contributed by atoms with E-state index >= 15 is 9.79 Å². The molecule has 6 aromatic rings. The van der Waals surface area contributed by atoms with Crippen molar-refractivity contribution in [1.29, 1.82) is 0 Å². The molecule has 6 fully saturated rings. The van der Waals surface area contributed by atoms with Crippen molar-refractivity contribution >= 4 is 105 Å². The van der Waals surface area contributed by atoms with Gasteiger partial charge in [-0.05, 0) is 48.0 Å². The Bertz CT molecular complexity index is 6170. The number of aryl methyl sites for hydroxylation is 6. The summed E-state index contributed by atoms with van der Waals surface area (Å²) in [6.07, 6.45) is -28.3. The van der Waals surface area contributed by atoms with E-state index in [2.05, 4.69) is 29.9 Å². The molecule has 9 N–H and O–H groups in total. The number of aromatic nitrogens is 12. The Balaban J connectivity index is 0.824. The van der Waals surface area contributed by atoms with Crippen molar-refractivity contribution in [2.45, 2.75) is 203 Å². The third-order valence-corrected chi connectivity index (χ3v) is 30.0. The molecule has 6 aliphatic heterocycles. The monoisotopic (exact) mass is 2130 g/mol. The molecular weight excluding hydrogens is 2030 g/mol. The van der Waals surface area contributed by atoms with Gasteiger partial charge in [0.05, 0.1) is 104 Å². The largest absolute Gasteiger partial charge is 0.780 e. The van der Waals surface area contributed by atoms with Crippen molar-refractivity contribution in [2.75, 3.05) is 126 Å². The first-order chi connectivity index (χ1) is 64.7. The number of aromatic amines is 4. The van der Waals surface area contributed by atoms with Crippen LogP contribution in [-0.4, -0.2) is 274 Å². The zero-order valence-corrected chi connectivity index (χ0v) is 83.4. The third-order valence-electron chi connectivity index (χ3n) is 22.2. The maximum absolute atomic E-state index is 15.5. The second-order valence-corrected chi connectivity index (χ2v) is 45.4. The summed E-state index contributed by atoms with van der Waals surface area (Å²) in [4.78, 5) is 209. The molecule has 0 aliphatic carbocycles. The van der Waals surface area contributed by atoms with Gasteiger partial charge in [0.2, 0.25) is 0 Å². The van der Waals surface area contributed by atoms with Crippen molar-refractivity contribution in [1.82, 2.24) is 57.3 Å². The molecule has 6 aromatic heterocycles. The molecule has 0 bridgehead atoms. The topological polar surface area (TPSA) is 692 Å². The molecule has 11 unspecified atom stereocenters. The molecule has 12 heterocycles. The summed E-state index contributed by atoms with van der Waals surface area (Å²) < 4.78 is 164. The van der Waals surface area contributed by atoms with Gasteiger partial charge in [-0.15, -0.1) is 0 Å². The molecule has 0 radical (unpaired) electrons.